The largest absolute Gasteiger partial charge is 0.377 e. The van der Waals surface area contributed by atoms with Gasteiger partial charge in [0, 0.05) is 70.9 Å². The molecule has 4 heterocycles. The van der Waals surface area contributed by atoms with Crippen molar-refractivity contribution in [3.8, 4) is 0 Å². The Labute approximate surface area is 165 Å². The Bertz CT molecular complexity index is 714. The van der Waals surface area contributed by atoms with Crippen molar-refractivity contribution in [1.29, 1.82) is 0 Å². The van der Waals surface area contributed by atoms with E-state index in [9.17, 15) is 0 Å². The monoisotopic (exact) mass is 387 g/mol. The number of piperidine rings is 1. The molecule has 4 rings (SSSR count). The van der Waals surface area contributed by atoms with Gasteiger partial charge in [0.05, 0.1) is 12.2 Å². The number of nitrogens with zero attached hydrogens (tertiary/aromatic N) is 7. The second kappa shape index (κ2) is 9.04. The van der Waals surface area contributed by atoms with Crippen molar-refractivity contribution >= 4 is 0 Å². The summed E-state index contributed by atoms with van der Waals surface area (Å²) in [5.41, 5.74) is 1.15. The maximum Gasteiger partial charge on any atom is 0.153 e. The van der Waals surface area contributed by atoms with Crippen LogP contribution in [0.3, 0.4) is 0 Å². The molecule has 9 nitrogen and oxygen atoms in total. The molecule has 28 heavy (non-hydrogen) atoms. The summed E-state index contributed by atoms with van der Waals surface area (Å²) < 4.78 is 13.4. The molecule has 0 saturated carbocycles. The zero-order valence-electron chi connectivity index (χ0n) is 16.5. The number of morpholine rings is 1. The molecule has 0 aromatic carbocycles. The molecule has 2 saturated heterocycles. The van der Waals surface area contributed by atoms with Crippen molar-refractivity contribution in [1.82, 2.24) is 34.5 Å². The fraction of sp³-hybridized carbons (Fsp3) is 0.684. The van der Waals surface area contributed by atoms with Crippen LogP contribution in [-0.4, -0.2) is 86.6 Å². The van der Waals surface area contributed by atoms with Crippen LogP contribution in [0.15, 0.2) is 25.0 Å². The third-order valence-electron chi connectivity index (χ3n) is 5.67. The van der Waals surface area contributed by atoms with E-state index < -0.39 is 0 Å². The van der Waals surface area contributed by atoms with Crippen molar-refractivity contribution in [3.63, 3.8) is 0 Å². The van der Waals surface area contributed by atoms with Crippen LogP contribution >= 0.6 is 0 Å². The molecule has 0 amide bonds. The molecule has 0 atom stereocenters. The summed E-state index contributed by atoms with van der Waals surface area (Å²) in [4.78, 5) is 13.7. The Morgan fingerprint density at radius 3 is 2.50 bits per heavy atom. The van der Waals surface area contributed by atoms with Gasteiger partial charge in [0.15, 0.2) is 5.82 Å². The number of ether oxygens (including phenoxy) is 2. The second-order valence-electron chi connectivity index (χ2n) is 7.72. The van der Waals surface area contributed by atoms with Gasteiger partial charge in [-0.3, -0.25) is 9.80 Å². The van der Waals surface area contributed by atoms with E-state index >= 15 is 0 Å². The molecule has 0 bridgehead atoms. The minimum absolute atomic E-state index is 0.000754. The van der Waals surface area contributed by atoms with Gasteiger partial charge >= 0.3 is 0 Å². The number of hydrogen-bond donors (Lipinski definition) is 0. The number of likely N-dealkylation sites (tertiary alicyclic amines) is 1. The number of methoxy groups -OCH3 is 1. The van der Waals surface area contributed by atoms with Gasteiger partial charge in [0.2, 0.25) is 0 Å². The lowest BCUT2D eigenvalue weighted by Gasteiger charge is -2.47. The number of rotatable bonds is 7. The van der Waals surface area contributed by atoms with E-state index in [4.69, 9.17) is 9.47 Å². The Morgan fingerprint density at radius 1 is 1.04 bits per heavy atom. The highest BCUT2D eigenvalue weighted by molar-refractivity contribution is 5.06. The quantitative estimate of drug-likeness (QED) is 0.683. The van der Waals surface area contributed by atoms with Crippen molar-refractivity contribution in [2.24, 2.45) is 0 Å². The first-order chi connectivity index (χ1) is 13.7. The predicted octanol–water partition coefficient (Wildman–Crippen LogP) is 0.582. The summed E-state index contributed by atoms with van der Waals surface area (Å²) in [7, 11) is 1.66. The van der Waals surface area contributed by atoms with Crippen molar-refractivity contribution in [2.45, 2.75) is 38.1 Å². The molecular formula is C19H29N7O2. The van der Waals surface area contributed by atoms with E-state index in [1.807, 2.05) is 17.0 Å². The van der Waals surface area contributed by atoms with Crippen LogP contribution in [0.25, 0.3) is 0 Å². The lowest BCUT2D eigenvalue weighted by molar-refractivity contribution is -0.136. The lowest BCUT2D eigenvalue weighted by atomic mass is 9.89. The summed E-state index contributed by atoms with van der Waals surface area (Å²) in [6.45, 7) is 8.19. The molecule has 0 aliphatic carbocycles. The Balaban J connectivity index is 1.25. The second-order valence-corrected chi connectivity index (χ2v) is 7.72. The molecule has 0 radical (unpaired) electrons. The van der Waals surface area contributed by atoms with Crippen molar-refractivity contribution in [3.05, 3.63) is 36.4 Å². The minimum Gasteiger partial charge on any atom is -0.377 e. The SMILES string of the molecule is COCc1ncc(CN2CCC3(CC2)CN(CCn2cnnc2)CCO3)cn1. The van der Waals surface area contributed by atoms with Crippen LogP contribution in [0.1, 0.15) is 24.2 Å². The normalized spacial score (nSPS) is 20.6. The average Bonchev–Trinajstić information content (AvgIpc) is 3.24. The van der Waals surface area contributed by atoms with E-state index in [0.717, 1.165) is 76.6 Å². The van der Waals surface area contributed by atoms with Crippen molar-refractivity contribution < 1.29 is 9.47 Å². The maximum atomic E-state index is 6.28. The fourth-order valence-electron chi connectivity index (χ4n) is 4.05. The molecule has 2 fully saturated rings. The first-order valence-electron chi connectivity index (χ1n) is 9.94. The van der Waals surface area contributed by atoms with E-state index in [2.05, 4.69) is 30.0 Å². The lowest BCUT2D eigenvalue weighted by Crippen LogP contribution is -2.57. The van der Waals surface area contributed by atoms with Gasteiger partial charge in [-0.25, -0.2) is 9.97 Å². The van der Waals surface area contributed by atoms with Gasteiger partial charge in [-0.15, -0.1) is 10.2 Å². The zero-order chi connectivity index (χ0) is 19.2. The van der Waals surface area contributed by atoms with Crippen LogP contribution in [0, 0.1) is 0 Å². The minimum atomic E-state index is 0.000754. The number of hydrogen-bond acceptors (Lipinski definition) is 8. The molecule has 1 spiro atoms. The molecule has 9 heteroatoms. The highest BCUT2D eigenvalue weighted by Crippen LogP contribution is 2.30. The molecule has 2 aliphatic heterocycles. The summed E-state index contributed by atoms with van der Waals surface area (Å²) in [6, 6.07) is 0. The Kier molecular flexibility index (Phi) is 6.26. The fourth-order valence-corrected chi connectivity index (χ4v) is 4.05. The van der Waals surface area contributed by atoms with Gasteiger partial charge in [-0.1, -0.05) is 0 Å². The third kappa shape index (κ3) is 4.91. The Hall–Kier alpha value is -1.94. The van der Waals surface area contributed by atoms with Gasteiger partial charge in [0.1, 0.15) is 19.3 Å². The number of aromatic nitrogens is 5. The summed E-state index contributed by atoms with van der Waals surface area (Å²) in [5.74, 6) is 0.728. The van der Waals surface area contributed by atoms with Gasteiger partial charge < -0.3 is 14.0 Å². The molecule has 2 aliphatic rings. The van der Waals surface area contributed by atoms with E-state index in [1.54, 1.807) is 19.8 Å². The van der Waals surface area contributed by atoms with E-state index in [1.165, 1.54) is 0 Å². The highest BCUT2D eigenvalue weighted by Gasteiger charge is 2.39. The third-order valence-corrected chi connectivity index (χ3v) is 5.67. The summed E-state index contributed by atoms with van der Waals surface area (Å²) in [6.07, 6.45) is 9.52. The average molecular weight is 387 g/mol. The molecule has 0 N–H and O–H groups in total. The first-order valence-corrected chi connectivity index (χ1v) is 9.94. The molecule has 0 unspecified atom stereocenters. The van der Waals surface area contributed by atoms with Crippen LogP contribution < -0.4 is 0 Å². The van der Waals surface area contributed by atoms with E-state index in [-0.39, 0.29) is 5.60 Å². The summed E-state index contributed by atoms with van der Waals surface area (Å²) >= 11 is 0. The molecule has 2 aromatic heterocycles. The maximum absolute atomic E-state index is 6.28. The topological polar surface area (TPSA) is 81.4 Å². The van der Waals surface area contributed by atoms with Crippen LogP contribution in [-0.2, 0) is 29.2 Å². The van der Waals surface area contributed by atoms with Crippen LogP contribution in [0.5, 0.6) is 0 Å². The smallest absolute Gasteiger partial charge is 0.153 e. The van der Waals surface area contributed by atoms with Crippen LogP contribution in [0.2, 0.25) is 0 Å². The van der Waals surface area contributed by atoms with Crippen LogP contribution in [0.4, 0.5) is 0 Å². The standard InChI is InChI=1S/C19H29N7O2/c1-27-13-18-20-10-17(11-21-18)12-24-4-2-19(3-5-24)14-25(8-9-28-19)6-7-26-15-22-23-16-26/h10-11,15-16H,2-9,12-14H2,1H3. The highest BCUT2D eigenvalue weighted by atomic mass is 16.5. The van der Waals surface area contributed by atoms with Crippen molar-refractivity contribution in [2.75, 3.05) is 46.4 Å². The van der Waals surface area contributed by atoms with Gasteiger partial charge in [0.25, 0.3) is 0 Å². The van der Waals surface area contributed by atoms with E-state index in [0.29, 0.717) is 6.61 Å². The Morgan fingerprint density at radius 2 is 1.79 bits per heavy atom. The molecule has 2 aromatic rings. The van der Waals surface area contributed by atoms with Gasteiger partial charge in [-0.2, -0.15) is 0 Å². The predicted molar refractivity (Wildman–Crippen MR) is 102 cm³/mol. The molecule has 152 valence electrons. The molecular weight excluding hydrogens is 358 g/mol. The van der Waals surface area contributed by atoms with Gasteiger partial charge in [-0.05, 0) is 12.8 Å². The zero-order valence-corrected chi connectivity index (χ0v) is 16.5. The first kappa shape index (κ1) is 19.4. The summed E-state index contributed by atoms with van der Waals surface area (Å²) in [5, 5.41) is 7.75.